The zero-order valence-corrected chi connectivity index (χ0v) is 11.7. The summed E-state index contributed by atoms with van der Waals surface area (Å²) in [5.74, 6) is 1.08. The first kappa shape index (κ1) is 13.9. The molecule has 2 unspecified atom stereocenters. The van der Waals surface area contributed by atoms with Crippen LogP contribution >= 0.6 is 0 Å². The van der Waals surface area contributed by atoms with Crippen LogP contribution < -0.4 is 5.73 Å². The van der Waals surface area contributed by atoms with Crippen LogP contribution in [0.5, 0.6) is 0 Å². The molecule has 1 aliphatic heterocycles. The van der Waals surface area contributed by atoms with Crippen LogP contribution in [0.3, 0.4) is 0 Å². The second-order valence-corrected chi connectivity index (χ2v) is 6.20. The molecule has 0 aromatic carbocycles. The summed E-state index contributed by atoms with van der Waals surface area (Å²) < 4.78 is 0. The summed E-state index contributed by atoms with van der Waals surface area (Å²) in [4.78, 5) is 14.1. The number of carbonyl (C=O) groups is 1. The molecule has 0 radical (unpaired) electrons. The van der Waals surface area contributed by atoms with Crippen molar-refractivity contribution in [1.82, 2.24) is 4.90 Å². The molecule has 2 aliphatic rings. The van der Waals surface area contributed by atoms with E-state index in [-0.39, 0.29) is 11.9 Å². The summed E-state index contributed by atoms with van der Waals surface area (Å²) in [6.45, 7) is 2.73. The van der Waals surface area contributed by atoms with Crippen LogP contribution in [-0.2, 0) is 4.79 Å². The Bertz CT molecular complexity index is 272. The fourth-order valence-electron chi connectivity index (χ4n) is 3.59. The van der Waals surface area contributed by atoms with Crippen LogP contribution in [0.25, 0.3) is 0 Å². The number of amides is 1. The van der Waals surface area contributed by atoms with Crippen molar-refractivity contribution in [2.24, 2.45) is 11.7 Å². The number of hydrogen-bond donors (Lipinski definition) is 1. The molecule has 1 amide bonds. The van der Waals surface area contributed by atoms with E-state index in [1.54, 1.807) is 6.92 Å². The Hall–Kier alpha value is -0.570. The molecule has 1 saturated carbocycles. The lowest BCUT2D eigenvalue weighted by Gasteiger charge is -2.28. The van der Waals surface area contributed by atoms with E-state index < -0.39 is 0 Å². The topological polar surface area (TPSA) is 46.3 Å². The van der Waals surface area contributed by atoms with Gasteiger partial charge in [0, 0.05) is 12.6 Å². The Morgan fingerprint density at radius 1 is 1.17 bits per heavy atom. The lowest BCUT2D eigenvalue weighted by molar-refractivity contribution is -0.133. The molecule has 3 heteroatoms. The minimum atomic E-state index is -0.333. The van der Waals surface area contributed by atoms with Crippen molar-refractivity contribution in [3.63, 3.8) is 0 Å². The Morgan fingerprint density at radius 3 is 2.56 bits per heavy atom. The van der Waals surface area contributed by atoms with E-state index in [2.05, 4.69) is 0 Å². The van der Waals surface area contributed by atoms with Crippen LogP contribution in [0.15, 0.2) is 0 Å². The first-order valence-electron chi connectivity index (χ1n) is 7.74. The minimum absolute atomic E-state index is 0.154. The maximum atomic E-state index is 12.0. The highest BCUT2D eigenvalue weighted by molar-refractivity contribution is 5.81. The third-order valence-electron chi connectivity index (χ3n) is 4.68. The Balaban J connectivity index is 1.78. The molecule has 104 valence electrons. The molecule has 2 atom stereocenters. The van der Waals surface area contributed by atoms with E-state index in [1.165, 1.54) is 51.4 Å². The van der Waals surface area contributed by atoms with E-state index >= 15 is 0 Å². The molecule has 0 spiro atoms. The second kappa shape index (κ2) is 6.55. The van der Waals surface area contributed by atoms with Crippen LogP contribution in [0.1, 0.15) is 64.7 Å². The minimum Gasteiger partial charge on any atom is -0.338 e. The van der Waals surface area contributed by atoms with Crippen LogP contribution in [0, 0.1) is 5.92 Å². The maximum absolute atomic E-state index is 12.0. The van der Waals surface area contributed by atoms with Gasteiger partial charge in [-0.2, -0.15) is 0 Å². The van der Waals surface area contributed by atoms with E-state index in [0.717, 1.165) is 18.9 Å². The number of likely N-dealkylation sites (tertiary alicyclic amines) is 1. The third kappa shape index (κ3) is 3.47. The van der Waals surface area contributed by atoms with Crippen LogP contribution in [-0.4, -0.2) is 29.4 Å². The highest BCUT2D eigenvalue weighted by atomic mass is 16.2. The summed E-state index contributed by atoms with van der Waals surface area (Å²) in [5.41, 5.74) is 5.73. The molecule has 3 nitrogen and oxygen atoms in total. The Labute approximate surface area is 111 Å². The molecule has 1 aliphatic carbocycles. The molecular formula is C15H28N2O. The zero-order chi connectivity index (χ0) is 13.0. The fraction of sp³-hybridized carbons (Fsp3) is 0.933. The van der Waals surface area contributed by atoms with Gasteiger partial charge in [0.25, 0.3) is 0 Å². The van der Waals surface area contributed by atoms with Crippen molar-refractivity contribution in [3.05, 3.63) is 0 Å². The van der Waals surface area contributed by atoms with E-state index in [9.17, 15) is 4.79 Å². The van der Waals surface area contributed by atoms with Crippen molar-refractivity contribution in [2.75, 3.05) is 6.54 Å². The number of carbonyl (C=O) groups excluding carboxylic acids is 1. The lowest BCUT2D eigenvalue weighted by Crippen LogP contribution is -2.44. The van der Waals surface area contributed by atoms with Gasteiger partial charge in [-0.3, -0.25) is 4.79 Å². The fourth-order valence-corrected chi connectivity index (χ4v) is 3.59. The number of rotatable bonds is 4. The average Bonchev–Trinajstić information content (AvgIpc) is 2.84. The Morgan fingerprint density at radius 2 is 1.89 bits per heavy atom. The highest BCUT2D eigenvalue weighted by Crippen LogP contribution is 2.30. The first-order chi connectivity index (χ1) is 8.68. The van der Waals surface area contributed by atoms with E-state index in [0.29, 0.717) is 6.04 Å². The van der Waals surface area contributed by atoms with Gasteiger partial charge in [0.15, 0.2) is 0 Å². The SMILES string of the molecule is CC(N)C(=O)N1CCCC1CCC1CCCCC1. The molecule has 0 aromatic rings. The van der Waals surface area contributed by atoms with Crippen LogP contribution in [0.4, 0.5) is 0 Å². The largest absolute Gasteiger partial charge is 0.338 e. The number of nitrogens with zero attached hydrogens (tertiary/aromatic N) is 1. The van der Waals surface area contributed by atoms with Gasteiger partial charge in [-0.05, 0) is 38.5 Å². The summed E-state index contributed by atoms with van der Waals surface area (Å²) in [7, 11) is 0. The third-order valence-corrected chi connectivity index (χ3v) is 4.68. The monoisotopic (exact) mass is 252 g/mol. The van der Waals surface area contributed by atoms with Gasteiger partial charge in [-0.25, -0.2) is 0 Å². The predicted molar refractivity (Wildman–Crippen MR) is 74.2 cm³/mol. The average molecular weight is 252 g/mol. The summed E-state index contributed by atoms with van der Waals surface area (Å²) in [5, 5.41) is 0. The number of nitrogens with two attached hydrogens (primary N) is 1. The lowest BCUT2D eigenvalue weighted by atomic mass is 9.85. The van der Waals surface area contributed by atoms with Gasteiger partial charge < -0.3 is 10.6 Å². The molecule has 2 N–H and O–H groups in total. The maximum Gasteiger partial charge on any atom is 0.239 e. The molecular weight excluding hydrogens is 224 g/mol. The Kier molecular flexibility index (Phi) is 5.04. The molecule has 0 aromatic heterocycles. The zero-order valence-electron chi connectivity index (χ0n) is 11.7. The first-order valence-corrected chi connectivity index (χ1v) is 7.74. The van der Waals surface area contributed by atoms with Gasteiger partial charge >= 0.3 is 0 Å². The van der Waals surface area contributed by atoms with Crippen molar-refractivity contribution in [1.29, 1.82) is 0 Å². The van der Waals surface area contributed by atoms with Gasteiger partial charge in [-0.1, -0.05) is 32.1 Å². The summed E-state index contributed by atoms with van der Waals surface area (Å²) >= 11 is 0. The standard InChI is InChI=1S/C15H28N2O/c1-12(16)15(18)17-11-5-8-14(17)10-9-13-6-3-2-4-7-13/h12-14H,2-11,16H2,1H3. The molecule has 2 rings (SSSR count). The van der Waals surface area contributed by atoms with Gasteiger partial charge in [0.2, 0.25) is 5.91 Å². The predicted octanol–water partition coefficient (Wildman–Crippen LogP) is 2.69. The quantitative estimate of drug-likeness (QED) is 0.836. The highest BCUT2D eigenvalue weighted by Gasteiger charge is 2.30. The van der Waals surface area contributed by atoms with Crippen molar-refractivity contribution < 1.29 is 4.79 Å². The normalized spacial score (nSPS) is 27.4. The van der Waals surface area contributed by atoms with Gasteiger partial charge in [-0.15, -0.1) is 0 Å². The summed E-state index contributed by atoms with van der Waals surface area (Å²) in [6, 6.07) is 0.144. The van der Waals surface area contributed by atoms with Gasteiger partial charge in [0.05, 0.1) is 6.04 Å². The molecule has 2 fully saturated rings. The molecule has 18 heavy (non-hydrogen) atoms. The van der Waals surface area contributed by atoms with E-state index in [1.807, 2.05) is 4.90 Å². The molecule has 1 saturated heterocycles. The van der Waals surface area contributed by atoms with Crippen molar-refractivity contribution in [2.45, 2.75) is 76.8 Å². The smallest absolute Gasteiger partial charge is 0.239 e. The van der Waals surface area contributed by atoms with Gasteiger partial charge in [0.1, 0.15) is 0 Å². The molecule has 0 bridgehead atoms. The van der Waals surface area contributed by atoms with Crippen molar-refractivity contribution >= 4 is 5.91 Å². The van der Waals surface area contributed by atoms with Crippen LogP contribution in [0.2, 0.25) is 0 Å². The van der Waals surface area contributed by atoms with Crippen molar-refractivity contribution in [3.8, 4) is 0 Å². The number of hydrogen-bond acceptors (Lipinski definition) is 2. The molecule has 1 heterocycles. The second-order valence-electron chi connectivity index (χ2n) is 6.20. The van der Waals surface area contributed by atoms with E-state index in [4.69, 9.17) is 5.73 Å². The summed E-state index contributed by atoms with van der Waals surface area (Å²) in [6.07, 6.45) is 11.9.